The summed E-state index contributed by atoms with van der Waals surface area (Å²) in [6.45, 7) is 7.92. The number of hydrogen-bond donors (Lipinski definition) is 1. The van der Waals surface area contributed by atoms with E-state index in [1.807, 2.05) is 44.2 Å². The number of amides is 1. The van der Waals surface area contributed by atoms with E-state index in [2.05, 4.69) is 19.2 Å². The fourth-order valence-corrected chi connectivity index (χ4v) is 5.73. The van der Waals surface area contributed by atoms with Crippen LogP contribution in [0.25, 0.3) is 0 Å². The normalized spacial score (nSPS) is 18.2. The van der Waals surface area contributed by atoms with Gasteiger partial charge in [-0.1, -0.05) is 51.1 Å². The molecule has 0 aromatic heterocycles. The topological polar surface area (TPSA) is 75.7 Å². The summed E-state index contributed by atoms with van der Waals surface area (Å²) < 4.78 is 33.1. The van der Waals surface area contributed by atoms with Crippen LogP contribution in [-0.4, -0.2) is 32.2 Å². The van der Waals surface area contributed by atoms with Gasteiger partial charge < -0.3 is 10.1 Å². The van der Waals surface area contributed by atoms with Crippen molar-refractivity contribution < 1.29 is 17.9 Å². The van der Waals surface area contributed by atoms with Crippen LogP contribution >= 0.6 is 0 Å². The largest absolute Gasteiger partial charge is 0.487 e. The van der Waals surface area contributed by atoms with Crippen molar-refractivity contribution in [3.63, 3.8) is 0 Å². The summed E-state index contributed by atoms with van der Waals surface area (Å²) >= 11 is 0. The summed E-state index contributed by atoms with van der Waals surface area (Å²) in [5, 5.41) is 3.16. The second-order valence-corrected chi connectivity index (χ2v) is 10.5. The number of carbonyl (C=O) groups excluding carboxylic acids is 1. The number of nitrogens with one attached hydrogen (secondary N) is 1. The molecule has 7 heteroatoms. The summed E-state index contributed by atoms with van der Waals surface area (Å²) in [5.41, 5.74) is 2.00. The molecule has 32 heavy (non-hydrogen) atoms. The van der Waals surface area contributed by atoms with Gasteiger partial charge in [0.05, 0.1) is 18.0 Å². The zero-order chi connectivity index (χ0) is 23.5. The van der Waals surface area contributed by atoms with Crippen molar-refractivity contribution in [2.45, 2.75) is 71.1 Å². The van der Waals surface area contributed by atoms with Gasteiger partial charge in [-0.25, -0.2) is 8.42 Å². The number of ether oxygens (including phenoxy) is 1. The highest BCUT2D eigenvalue weighted by Crippen LogP contribution is 2.42. The number of carbonyl (C=O) groups is 1. The lowest BCUT2D eigenvalue weighted by Crippen LogP contribution is -2.52. The van der Waals surface area contributed by atoms with Crippen LogP contribution in [0.3, 0.4) is 0 Å². The number of fused-ring (bicyclic) bond motifs is 1. The Morgan fingerprint density at radius 3 is 2.44 bits per heavy atom. The van der Waals surface area contributed by atoms with Crippen LogP contribution in [0, 0.1) is 6.92 Å². The lowest BCUT2D eigenvalue weighted by molar-refractivity contribution is -0.123. The van der Waals surface area contributed by atoms with E-state index in [1.165, 1.54) is 4.31 Å². The van der Waals surface area contributed by atoms with E-state index in [1.54, 1.807) is 18.2 Å². The summed E-state index contributed by atoms with van der Waals surface area (Å²) in [5.74, 6) is 0.474. The molecule has 1 aliphatic rings. The fraction of sp³-hybridized carbons (Fsp3) is 0.480. The minimum Gasteiger partial charge on any atom is -0.487 e. The number of nitrogens with zero attached hydrogens (tertiary/aromatic N) is 1. The number of hydrogen-bond acceptors (Lipinski definition) is 4. The summed E-state index contributed by atoms with van der Waals surface area (Å²) in [6, 6.07) is 13.9. The van der Waals surface area contributed by atoms with Gasteiger partial charge in [-0.15, -0.1) is 0 Å². The fourth-order valence-electron chi connectivity index (χ4n) is 4.52. The first-order valence-corrected chi connectivity index (χ1v) is 13.1. The number of para-hydroxylation sites is 1. The quantitative estimate of drug-likeness (QED) is 0.620. The molecule has 0 saturated heterocycles. The van der Waals surface area contributed by atoms with Gasteiger partial charge in [0, 0.05) is 12.0 Å². The Morgan fingerprint density at radius 1 is 1.16 bits per heavy atom. The minimum atomic E-state index is -3.68. The van der Waals surface area contributed by atoms with Gasteiger partial charge in [0.1, 0.15) is 17.4 Å². The Bertz CT molecular complexity index is 1060. The van der Waals surface area contributed by atoms with Crippen molar-refractivity contribution in [3.05, 3.63) is 59.7 Å². The SMILES string of the molecule is CC[C@@H](C(=O)N[C@H]1CC(CC)(CC)Oc2ccccc21)N(c1cccc(C)c1)S(C)(=O)=O. The molecule has 0 spiro atoms. The maximum atomic E-state index is 13.5. The first-order chi connectivity index (χ1) is 15.1. The summed E-state index contributed by atoms with van der Waals surface area (Å²) in [4.78, 5) is 13.5. The average molecular weight is 459 g/mol. The van der Waals surface area contributed by atoms with Crippen molar-refractivity contribution in [2.75, 3.05) is 10.6 Å². The maximum absolute atomic E-state index is 13.5. The van der Waals surface area contributed by atoms with E-state index in [0.29, 0.717) is 18.5 Å². The first-order valence-electron chi connectivity index (χ1n) is 11.3. The Hall–Kier alpha value is -2.54. The van der Waals surface area contributed by atoms with Crippen molar-refractivity contribution in [1.29, 1.82) is 0 Å². The van der Waals surface area contributed by atoms with E-state index in [-0.39, 0.29) is 17.6 Å². The Balaban J connectivity index is 1.96. The number of aryl methyl sites for hydroxylation is 1. The van der Waals surface area contributed by atoms with Gasteiger partial charge in [-0.2, -0.15) is 0 Å². The smallest absolute Gasteiger partial charge is 0.244 e. The molecule has 2 aromatic rings. The van der Waals surface area contributed by atoms with Crippen LogP contribution in [0.5, 0.6) is 5.75 Å². The summed E-state index contributed by atoms with van der Waals surface area (Å²) in [7, 11) is -3.68. The van der Waals surface area contributed by atoms with E-state index in [9.17, 15) is 13.2 Å². The molecule has 2 aromatic carbocycles. The standard InChI is InChI=1S/C25H34N2O4S/c1-6-22(27(32(5,29)30)19-13-11-12-18(4)16-19)24(28)26-21-17-25(7-2,8-3)31-23-15-10-9-14-20(21)23/h9-16,21-22H,6-8,17H2,1-5H3,(H,26,28)/t21-,22-/m0/s1. The zero-order valence-corrected chi connectivity index (χ0v) is 20.4. The van der Waals surface area contributed by atoms with Crippen LogP contribution in [0.2, 0.25) is 0 Å². The van der Waals surface area contributed by atoms with Gasteiger partial charge in [0.25, 0.3) is 0 Å². The van der Waals surface area contributed by atoms with Crippen LogP contribution < -0.4 is 14.4 Å². The third kappa shape index (κ3) is 4.93. The maximum Gasteiger partial charge on any atom is 0.244 e. The van der Waals surface area contributed by atoms with Gasteiger partial charge in [0.2, 0.25) is 15.9 Å². The predicted molar refractivity (Wildman–Crippen MR) is 128 cm³/mol. The predicted octanol–water partition coefficient (Wildman–Crippen LogP) is 4.74. The molecule has 1 N–H and O–H groups in total. The van der Waals surface area contributed by atoms with Crippen molar-refractivity contribution in [3.8, 4) is 5.75 Å². The Morgan fingerprint density at radius 2 is 1.84 bits per heavy atom. The molecule has 6 nitrogen and oxygen atoms in total. The first kappa shape index (κ1) is 24.1. The van der Waals surface area contributed by atoms with Crippen LogP contribution in [0.15, 0.2) is 48.5 Å². The molecular formula is C25H34N2O4S. The van der Waals surface area contributed by atoms with E-state index in [4.69, 9.17) is 4.74 Å². The molecule has 0 saturated carbocycles. The highest BCUT2D eigenvalue weighted by molar-refractivity contribution is 7.92. The number of benzene rings is 2. The van der Waals surface area contributed by atoms with Gasteiger partial charge >= 0.3 is 0 Å². The lowest BCUT2D eigenvalue weighted by Gasteiger charge is -2.42. The second-order valence-electron chi connectivity index (χ2n) is 8.62. The number of rotatable bonds is 8. The van der Waals surface area contributed by atoms with E-state index >= 15 is 0 Å². The van der Waals surface area contributed by atoms with E-state index < -0.39 is 16.1 Å². The van der Waals surface area contributed by atoms with Gasteiger partial charge in [-0.05, 0) is 49.9 Å². The van der Waals surface area contributed by atoms with Crippen molar-refractivity contribution >= 4 is 21.6 Å². The minimum absolute atomic E-state index is 0.250. The summed E-state index contributed by atoms with van der Waals surface area (Å²) in [6.07, 6.45) is 3.78. The monoisotopic (exact) mass is 458 g/mol. The molecule has 0 radical (unpaired) electrons. The molecular weight excluding hydrogens is 424 g/mol. The molecule has 0 fully saturated rings. The average Bonchev–Trinajstić information content (AvgIpc) is 2.76. The molecule has 0 bridgehead atoms. The molecule has 1 aliphatic heterocycles. The van der Waals surface area contributed by atoms with Crippen molar-refractivity contribution in [2.24, 2.45) is 0 Å². The highest BCUT2D eigenvalue weighted by atomic mass is 32.2. The lowest BCUT2D eigenvalue weighted by atomic mass is 9.83. The van der Waals surface area contributed by atoms with Crippen LogP contribution in [-0.2, 0) is 14.8 Å². The highest BCUT2D eigenvalue weighted by Gasteiger charge is 2.40. The van der Waals surface area contributed by atoms with Gasteiger partial charge in [0.15, 0.2) is 0 Å². The Kier molecular flexibility index (Phi) is 7.18. The van der Waals surface area contributed by atoms with Crippen LogP contribution in [0.4, 0.5) is 5.69 Å². The zero-order valence-electron chi connectivity index (χ0n) is 19.6. The Labute approximate surface area is 192 Å². The molecule has 1 heterocycles. The third-order valence-corrected chi connectivity index (χ3v) is 7.57. The molecule has 0 aliphatic carbocycles. The molecule has 3 rings (SSSR count). The van der Waals surface area contributed by atoms with E-state index in [0.717, 1.165) is 36.0 Å². The van der Waals surface area contributed by atoms with Gasteiger partial charge in [-0.3, -0.25) is 9.10 Å². The number of anilines is 1. The molecule has 174 valence electrons. The molecule has 0 unspecified atom stereocenters. The number of sulfonamides is 1. The second kappa shape index (κ2) is 9.53. The van der Waals surface area contributed by atoms with Crippen LogP contribution in [0.1, 0.15) is 63.6 Å². The molecule has 2 atom stereocenters. The molecule has 1 amide bonds. The third-order valence-electron chi connectivity index (χ3n) is 6.39. The van der Waals surface area contributed by atoms with Crippen molar-refractivity contribution in [1.82, 2.24) is 5.32 Å².